The number of carbonyl (C=O) groups excluding carboxylic acids is 2. The Morgan fingerprint density at radius 3 is 2.76 bits per heavy atom. The molecule has 1 amide bonds. The van der Waals surface area contributed by atoms with Crippen molar-refractivity contribution in [3.63, 3.8) is 0 Å². The molecule has 1 saturated heterocycles. The minimum absolute atomic E-state index is 0.0517. The minimum atomic E-state index is 0.0517. The molecule has 0 saturated carbocycles. The molecule has 1 fully saturated rings. The van der Waals surface area contributed by atoms with Crippen molar-refractivity contribution >= 4 is 27.6 Å². The molecule has 0 N–H and O–H groups in total. The summed E-state index contributed by atoms with van der Waals surface area (Å²) in [5.41, 5.74) is 1.72. The molecule has 1 aliphatic heterocycles. The second kappa shape index (κ2) is 7.21. The maximum absolute atomic E-state index is 12.9. The number of hydrogen-bond acceptors (Lipinski definition) is 2. The van der Waals surface area contributed by atoms with Crippen LogP contribution in [0.1, 0.15) is 54.9 Å². The van der Waals surface area contributed by atoms with Gasteiger partial charge in [-0.15, -0.1) is 0 Å². The summed E-state index contributed by atoms with van der Waals surface area (Å²) in [4.78, 5) is 26.3. The Hall–Kier alpha value is -1.16. The van der Waals surface area contributed by atoms with E-state index in [-0.39, 0.29) is 17.7 Å². The molecular weight excluding hydrogens is 330 g/mol. The van der Waals surface area contributed by atoms with Crippen LogP contribution in [0.4, 0.5) is 0 Å². The number of ketones is 1. The quantitative estimate of drug-likeness (QED) is 0.821. The fourth-order valence-electron chi connectivity index (χ4n) is 2.97. The van der Waals surface area contributed by atoms with Gasteiger partial charge in [0.2, 0.25) is 0 Å². The number of carbonyl (C=O) groups is 2. The van der Waals surface area contributed by atoms with Gasteiger partial charge in [-0.05, 0) is 44.4 Å². The van der Waals surface area contributed by atoms with Crippen LogP contribution in [0.15, 0.2) is 22.7 Å². The number of aryl methyl sites for hydroxylation is 1. The molecule has 1 aromatic carbocycles. The monoisotopic (exact) mass is 351 g/mol. The third-order valence-corrected chi connectivity index (χ3v) is 4.58. The molecule has 2 rings (SSSR count). The Bertz CT molecular complexity index is 542. The summed E-state index contributed by atoms with van der Waals surface area (Å²) in [6, 6.07) is 5.83. The second-order valence-corrected chi connectivity index (χ2v) is 6.78. The number of hydrogen-bond donors (Lipinski definition) is 0. The number of amides is 1. The molecular formula is C17H22BrNO2. The summed E-state index contributed by atoms with van der Waals surface area (Å²) in [7, 11) is 0. The van der Waals surface area contributed by atoms with Crippen LogP contribution < -0.4 is 0 Å². The van der Waals surface area contributed by atoms with E-state index in [9.17, 15) is 9.59 Å². The van der Waals surface area contributed by atoms with Crippen LogP contribution in [0.2, 0.25) is 0 Å². The normalized spacial score (nSPS) is 19.2. The number of benzene rings is 1. The van der Waals surface area contributed by atoms with E-state index in [1.54, 1.807) is 6.92 Å². The van der Waals surface area contributed by atoms with E-state index in [1.807, 2.05) is 30.0 Å². The molecule has 4 heteroatoms. The number of likely N-dealkylation sites (tertiary alicyclic amines) is 1. The summed E-state index contributed by atoms with van der Waals surface area (Å²) in [6.07, 6.45) is 4.65. The molecule has 114 valence electrons. The lowest BCUT2D eigenvalue weighted by atomic mass is 10.0. The first kappa shape index (κ1) is 16.2. The Labute approximate surface area is 134 Å². The molecule has 1 aliphatic rings. The van der Waals surface area contributed by atoms with Gasteiger partial charge in [-0.3, -0.25) is 9.59 Å². The van der Waals surface area contributed by atoms with Crippen molar-refractivity contribution in [3.8, 4) is 0 Å². The average Bonchev–Trinajstić information content (AvgIpc) is 2.65. The van der Waals surface area contributed by atoms with Crippen molar-refractivity contribution in [2.45, 2.75) is 52.0 Å². The van der Waals surface area contributed by atoms with Gasteiger partial charge in [0.05, 0.1) is 0 Å². The van der Waals surface area contributed by atoms with Gasteiger partial charge in [-0.2, -0.15) is 0 Å². The van der Waals surface area contributed by atoms with Gasteiger partial charge in [0.25, 0.3) is 5.91 Å². The smallest absolute Gasteiger partial charge is 0.254 e. The van der Waals surface area contributed by atoms with Crippen LogP contribution >= 0.6 is 15.9 Å². The Kier molecular flexibility index (Phi) is 5.57. The maximum atomic E-state index is 12.9. The molecule has 0 aromatic heterocycles. The van der Waals surface area contributed by atoms with Gasteiger partial charge < -0.3 is 4.90 Å². The fourth-order valence-corrected chi connectivity index (χ4v) is 3.33. The van der Waals surface area contributed by atoms with E-state index in [0.29, 0.717) is 6.42 Å². The molecule has 21 heavy (non-hydrogen) atoms. The lowest BCUT2D eigenvalue weighted by molar-refractivity contribution is -0.118. The van der Waals surface area contributed by atoms with E-state index in [2.05, 4.69) is 15.9 Å². The first-order valence-corrected chi connectivity index (χ1v) is 8.35. The Morgan fingerprint density at radius 1 is 1.29 bits per heavy atom. The summed E-state index contributed by atoms with van der Waals surface area (Å²) in [5, 5.41) is 0. The van der Waals surface area contributed by atoms with Crippen LogP contribution in [-0.2, 0) is 4.79 Å². The molecule has 3 nitrogen and oxygen atoms in total. The van der Waals surface area contributed by atoms with Crippen molar-refractivity contribution in [3.05, 3.63) is 33.8 Å². The lowest BCUT2D eigenvalue weighted by Gasteiger charge is -2.30. The highest BCUT2D eigenvalue weighted by molar-refractivity contribution is 9.10. The van der Waals surface area contributed by atoms with Gasteiger partial charge in [0, 0.05) is 29.0 Å². The summed E-state index contributed by atoms with van der Waals surface area (Å²) >= 11 is 3.43. The largest absolute Gasteiger partial charge is 0.335 e. The zero-order valence-corrected chi connectivity index (χ0v) is 14.3. The van der Waals surface area contributed by atoms with Crippen molar-refractivity contribution in [2.24, 2.45) is 0 Å². The zero-order chi connectivity index (χ0) is 15.4. The predicted octanol–water partition coefficient (Wildman–Crippen LogP) is 4.12. The van der Waals surface area contributed by atoms with E-state index in [0.717, 1.165) is 47.8 Å². The van der Waals surface area contributed by atoms with Crippen molar-refractivity contribution in [1.29, 1.82) is 0 Å². The Balaban J connectivity index is 2.28. The van der Waals surface area contributed by atoms with Gasteiger partial charge in [-0.25, -0.2) is 0 Å². The zero-order valence-electron chi connectivity index (χ0n) is 12.7. The molecule has 1 heterocycles. The maximum Gasteiger partial charge on any atom is 0.254 e. The van der Waals surface area contributed by atoms with E-state index < -0.39 is 0 Å². The molecule has 0 radical (unpaired) electrons. The van der Waals surface area contributed by atoms with Gasteiger partial charge in [0.15, 0.2) is 0 Å². The third kappa shape index (κ3) is 4.16. The predicted molar refractivity (Wildman–Crippen MR) is 87.5 cm³/mol. The van der Waals surface area contributed by atoms with E-state index in [1.165, 1.54) is 0 Å². The topological polar surface area (TPSA) is 37.4 Å². The first-order valence-electron chi connectivity index (χ1n) is 7.55. The lowest BCUT2D eigenvalue weighted by Crippen LogP contribution is -2.41. The van der Waals surface area contributed by atoms with Gasteiger partial charge in [0.1, 0.15) is 5.78 Å². The van der Waals surface area contributed by atoms with Crippen molar-refractivity contribution in [1.82, 2.24) is 4.90 Å². The highest BCUT2D eigenvalue weighted by atomic mass is 79.9. The summed E-state index contributed by atoms with van der Waals surface area (Å²) in [5.74, 6) is 0.215. The summed E-state index contributed by atoms with van der Waals surface area (Å²) < 4.78 is 0.911. The summed E-state index contributed by atoms with van der Waals surface area (Å²) in [6.45, 7) is 4.32. The van der Waals surface area contributed by atoms with Gasteiger partial charge in [-0.1, -0.05) is 34.8 Å². The highest BCUT2D eigenvalue weighted by Gasteiger charge is 2.27. The van der Waals surface area contributed by atoms with Crippen molar-refractivity contribution in [2.75, 3.05) is 6.54 Å². The van der Waals surface area contributed by atoms with Gasteiger partial charge >= 0.3 is 0 Å². The van der Waals surface area contributed by atoms with E-state index in [4.69, 9.17) is 0 Å². The van der Waals surface area contributed by atoms with Crippen LogP contribution in [-0.4, -0.2) is 29.2 Å². The second-order valence-electron chi connectivity index (χ2n) is 5.87. The number of Topliss-reactive ketones (excluding diaryl/α,β-unsaturated/α-hetero) is 1. The standard InChI is InChI=1S/C17H22BrNO2/c1-12-7-8-14(18)11-16(12)17(21)19-9-5-3-4-6-15(19)10-13(2)20/h7-8,11,15H,3-6,9-10H2,1-2H3. The fraction of sp³-hybridized carbons (Fsp3) is 0.529. The SMILES string of the molecule is CC(=O)CC1CCCCCN1C(=O)c1cc(Br)ccc1C. The van der Waals surface area contributed by atoms with Crippen LogP contribution in [0.25, 0.3) is 0 Å². The average molecular weight is 352 g/mol. The Morgan fingerprint density at radius 2 is 2.05 bits per heavy atom. The molecule has 0 bridgehead atoms. The minimum Gasteiger partial charge on any atom is -0.335 e. The third-order valence-electron chi connectivity index (χ3n) is 4.09. The van der Waals surface area contributed by atoms with E-state index >= 15 is 0 Å². The van der Waals surface area contributed by atoms with Crippen LogP contribution in [0.3, 0.4) is 0 Å². The van der Waals surface area contributed by atoms with Crippen LogP contribution in [0.5, 0.6) is 0 Å². The molecule has 0 spiro atoms. The highest BCUT2D eigenvalue weighted by Crippen LogP contribution is 2.24. The molecule has 1 unspecified atom stereocenters. The van der Waals surface area contributed by atoms with Crippen molar-refractivity contribution < 1.29 is 9.59 Å². The number of nitrogens with zero attached hydrogens (tertiary/aromatic N) is 1. The molecule has 0 aliphatic carbocycles. The number of halogens is 1. The molecule has 1 aromatic rings. The first-order chi connectivity index (χ1) is 9.99. The number of rotatable bonds is 3. The van der Waals surface area contributed by atoms with Crippen LogP contribution in [0, 0.1) is 6.92 Å². The molecule has 1 atom stereocenters.